The molecule has 0 aliphatic carbocycles. The first-order chi connectivity index (χ1) is 9.45. The Bertz CT molecular complexity index is 496. The number of hydrogen-bond donors (Lipinski definition) is 3. The first kappa shape index (κ1) is 15.7. The van der Waals surface area contributed by atoms with Gasteiger partial charge in [0, 0.05) is 13.7 Å². The Morgan fingerprint density at radius 2 is 2.00 bits per heavy atom. The van der Waals surface area contributed by atoms with Crippen molar-refractivity contribution in [3.05, 3.63) is 23.7 Å². The van der Waals surface area contributed by atoms with Crippen LogP contribution in [0.4, 0.5) is 0 Å². The molecule has 0 fully saturated rings. The molecule has 3 N–H and O–H groups in total. The van der Waals surface area contributed by atoms with E-state index in [1.54, 1.807) is 0 Å². The third-order valence-electron chi connectivity index (χ3n) is 2.39. The van der Waals surface area contributed by atoms with Crippen LogP contribution < -0.4 is 10.6 Å². The van der Waals surface area contributed by atoms with Crippen LogP contribution in [0.25, 0.3) is 0 Å². The van der Waals surface area contributed by atoms with E-state index in [1.807, 2.05) is 0 Å². The summed E-state index contributed by atoms with van der Waals surface area (Å²) in [5, 5.41) is 13.6. The molecule has 0 spiro atoms. The number of methoxy groups -OCH3 is 1. The molecule has 2 amide bonds. The van der Waals surface area contributed by atoms with E-state index < -0.39 is 17.9 Å². The average molecular weight is 284 g/mol. The van der Waals surface area contributed by atoms with Crippen LogP contribution in [0.5, 0.6) is 0 Å². The second-order valence-corrected chi connectivity index (χ2v) is 3.95. The predicted octanol–water partition coefficient (Wildman–Crippen LogP) is -0.141. The molecule has 0 aliphatic rings. The molecule has 0 radical (unpaired) electrons. The standard InChI is InChI=1S/C12H16N2O6/c1-7(10(15)13-5-6-19-2)14-11(16)8-3-4-9(20-8)12(17)18/h3-4,7H,5-6H2,1-2H3,(H,13,15)(H,14,16)(H,17,18). The Morgan fingerprint density at radius 3 is 2.55 bits per heavy atom. The van der Waals surface area contributed by atoms with Gasteiger partial charge < -0.3 is 24.9 Å². The molecule has 0 bridgehead atoms. The minimum atomic E-state index is -1.27. The highest BCUT2D eigenvalue weighted by atomic mass is 16.5. The van der Waals surface area contributed by atoms with Gasteiger partial charge in [-0.3, -0.25) is 9.59 Å². The highest BCUT2D eigenvalue weighted by Gasteiger charge is 2.19. The van der Waals surface area contributed by atoms with E-state index in [4.69, 9.17) is 14.3 Å². The second-order valence-electron chi connectivity index (χ2n) is 3.95. The first-order valence-corrected chi connectivity index (χ1v) is 5.86. The van der Waals surface area contributed by atoms with Crippen molar-refractivity contribution in [3.63, 3.8) is 0 Å². The number of nitrogens with one attached hydrogen (secondary N) is 2. The van der Waals surface area contributed by atoms with Crippen LogP contribution in [0.15, 0.2) is 16.5 Å². The number of aromatic carboxylic acids is 1. The molecule has 0 saturated carbocycles. The van der Waals surface area contributed by atoms with Gasteiger partial charge in [-0.1, -0.05) is 0 Å². The Balaban J connectivity index is 2.51. The number of carboxylic acid groups (broad SMARTS) is 1. The zero-order valence-corrected chi connectivity index (χ0v) is 11.1. The summed E-state index contributed by atoms with van der Waals surface area (Å²) in [6.07, 6.45) is 0. The van der Waals surface area contributed by atoms with Gasteiger partial charge in [-0.15, -0.1) is 0 Å². The van der Waals surface area contributed by atoms with Crippen LogP contribution in [0.3, 0.4) is 0 Å². The summed E-state index contributed by atoms with van der Waals surface area (Å²) in [6, 6.07) is 1.62. The van der Waals surface area contributed by atoms with Crippen molar-refractivity contribution in [2.45, 2.75) is 13.0 Å². The molecule has 8 nitrogen and oxygen atoms in total. The fourth-order valence-corrected chi connectivity index (χ4v) is 1.34. The van der Waals surface area contributed by atoms with Gasteiger partial charge in [0.05, 0.1) is 6.61 Å². The lowest BCUT2D eigenvalue weighted by molar-refractivity contribution is -0.122. The molecule has 1 aromatic heterocycles. The highest BCUT2D eigenvalue weighted by molar-refractivity contribution is 5.96. The number of hydrogen-bond acceptors (Lipinski definition) is 5. The van der Waals surface area contributed by atoms with Crippen LogP contribution in [0.1, 0.15) is 28.0 Å². The monoisotopic (exact) mass is 284 g/mol. The van der Waals surface area contributed by atoms with Gasteiger partial charge in [-0.25, -0.2) is 4.79 Å². The van der Waals surface area contributed by atoms with Crippen molar-refractivity contribution in [2.24, 2.45) is 0 Å². The van der Waals surface area contributed by atoms with Crippen molar-refractivity contribution in [2.75, 3.05) is 20.3 Å². The molecule has 1 heterocycles. The fraction of sp³-hybridized carbons (Fsp3) is 0.417. The molecule has 110 valence electrons. The summed E-state index contributed by atoms with van der Waals surface area (Å²) in [5.41, 5.74) is 0. The van der Waals surface area contributed by atoms with E-state index in [2.05, 4.69) is 10.6 Å². The highest BCUT2D eigenvalue weighted by Crippen LogP contribution is 2.07. The predicted molar refractivity (Wildman–Crippen MR) is 67.5 cm³/mol. The molecule has 1 atom stereocenters. The number of carbonyl (C=O) groups excluding carboxylic acids is 2. The number of furan rings is 1. The molecule has 0 aromatic carbocycles. The molecule has 1 unspecified atom stereocenters. The van der Waals surface area contributed by atoms with Gasteiger partial charge in [0.15, 0.2) is 5.76 Å². The van der Waals surface area contributed by atoms with Crippen LogP contribution in [-0.2, 0) is 9.53 Å². The molecule has 0 aliphatic heterocycles. The summed E-state index contributed by atoms with van der Waals surface area (Å²) >= 11 is 0. The summed E-state index contributed by atoms with van der Waals surface area (Å²) in [4.78, 5) is 33.9. The second kappa shape index (κ2) is 7.29. The summed E-state index contributed by atoms with van der Waals surface area (Å²) in [7, 11) is 1.51. The third kappa shape index (κ3) is 4.39. The van der Waals surface area contributed by atoms with E-state index >= 15 is 0 Å². The van der Waals surface area contributed by atoms with Crippen molar-refractivity contribution in [1.82, 2.24) is 10.6 Å². The maximum Gasteiger partial charge on any atom is 0.371 e. The van der Waals surface area contributed by atoms with Gasteiger partial charge >= 0.3 is 5.97 Å². The Kier molecular flexibility index (Phi) is 5.73. The Hall–Kier alpha value is -2.35. The van der Waals surface area contributed by atoms with Gasteiger partial charge in [0.1, 0.15) is 6.04 Å². The van der Waals surface area contributed by atoms with E-state index in [9.17, 15) is 14.4 Å². The number of amides is 2. The normalized spacial score (nSPS) is 11.7. The third-order valence-corrected chi connectivity index (χ3v) is 2.39. The maximum atomic E-state index is 11.7. The molecular weight excluding hydrogens is 268 g/mol. The van der Waals surface area contributed by atoms with Gasteiger partial charge in [-0.05, 0) is 19.1 Å². The van der Waals surface area contributed by atoms with Crippen LogP contribution >= 0.6 is 0 Å². The number of ether oxygens (including phenoxy) is 1. The number of carbonyl (C=O) groups is 3. The van der Waals surface area contributed by atoms with E-state index in [1.165, 1.54) is 26.2 Å². The number of carboxylic acids is 1. The molecule has 0 saturated heterocycles. The lowest BCUT2D eigenvalue weighted by Crippen LogP contribution is -2.45. The maximum absolute atomic E-state index is 11.7. The quantitative estimate of drug-likeness (QED) is 0.600. The van der Waals surface area contributed by atoms with Crippen molar-refractivity contribution in [1.29, 1.82) is 0 Å². The SMILES string of the molecule is COCCNC(=O)C(C)NC(=O)c1ccc(C(=O)O)o1. The topological polar surface area (TPSA) is 118 Å². The van der Waals surface area contributed by atoms with Crippen molar-refractivity contribution in [3.8, 4) is 0 Å². The zero-order chi connectivity index (χ0) is 15.1. The van der Waals surface area contributed by atoms with Crippen LogP contribution in [0, 0.1) is 0 Å². The fourth-order valence-electron chi connectivity index (χ4n) is 1.34. The average Bonchev–Trinajstić information content (AvgIpc) is 2.88. The van der Waals surface area contributed by atoms with E-state index in [0.717, 1.165) is 0 Å². The molecule has 1 aromatic rings. The number of rotatable bonds is 7. The van der Waals surface area contributed by atoms with Gasteiger partial charge in [-0.2, -0.15) is 0 Å². The lowest BCUT2D eigenvalue weighted by atomic mass is 10.3. The summed E-state index contributed by atoms with van der Waals surface area (Å²) < 4.78 is 9.60. The lowest BCUT2D eigenvalue weighted by Gasteiger charge is -2.12. The molecule has 8 heteroatoms. The van der Waals surface area contributed by atoms with Gasteiger partial charge in [0.2, 0.25) is 11.7 Å². The van der Waals surface area contributed by atoms with Crippen molar-refractivity contribution < 1.29 is 28.6 Å². The minimum Gasteiger partial charge on any atom is -0.475 e. The van der Waals surface area contributed by atoms with E-state index in [0.29, 0.717) is 13.2 Å². The van der Waals surface area contributed by atoms with Gasteiger partial charge in [0.25, 0.3) is 5.91 Å². The van der Waals surface area contributed by atoms with Crippen molar-refractivity contribution >= 4 is 17.8 Å². The Labute approximate surface area is 115 Å². The summed E-state index contributed by atoms with van der Waals surface area (Å²) in [6.45, 7) is 2.20. The zero-order valence-electron chi connectivity index (χ0n) is 11.1. The smallest absolute Gasteiger partial charge is 0.371 e. The van der Waals surface area contributed by atoms with E-state index in [-0.39, 0.29) is 17.4 Å². The first-order valence-electron chi connectivity index (χ1n) is 5.86. The minimum absolute atomic E-state index is 0.168. The van der Waals surface area contributed by atoms with Crippen LogP contribution in [-0.4, -0.2) is 49.2 Å². The molecular formula is C12H16N2O6. The molecule has 20 heavy (non-hydrogen) atoms. The summed E-state index contributed by atoms with van der Waals surface area (Å²) in [5.74, 6) is -2.81. The largest absolute Gasteiger partial charge is 0.475 e. The Morgan fingerprint density at radius 1 is 1.35 bits per heavy atom. The van der Waals surface area contributed by atoms with Crippen LogP contribution in [0.2, 0.25) is 0 Å². The molecule has 1 rings (SSSR count).